The van der Waals surface area contributed by atoms with Crippen molar-refractivity contribution in [3.63, 3.8) is 0 Å². The average molecular weight is 392 g/mol. The van der Waals surface area contributed by atoms with E-state index in [0.29, 0.717) is 18.1 Å². The van der Waals surface area contributed by atoms with E-state index in [1.54, 1.807) is 12.5 Å². The number of pyridine rings is 1. The average Bonchev–Trinajstić information content (AvgIpc) is 3.35. The van der Waals surface area contributed by atoms with Gasteiger partial charge in [-0.15, -0.1) is 0 Å². The Bertz CT molecular complexity index is 932. The number of amides is 1. The first-order valence-electron chi connectivity index (χ1n) is 9.09. The number of carbonyl (C=O) groups is 1. The third-order valence-corrected chi connectivity index (χ3v) is 5.02. The summed E-state index contributed by atoms with van der Waals surface area (Å²) in [4.78, 5) is 18.9. The molecule has 1 aliphatic heterocycles. The molecule has 6 nitrogen and oxygen atoms in total. The zero-order valence-corrected chi connectivity index (χ0v) is 15.9. The summed E-state index contributed by atoms with van der Waals surface area (Å²) in [5.41, 5.74) is 1.66. The molecule has 0 radical (unpaired) electrons. The number of nitrogens with one attached hydrogen (secondary N) is 2. The molecule has 0 aliphatic carbocycles. The Kier molecular flexibility index (Phi) is 5.34. The van der Waals surface area contributed by atoms with Crippen molar-refractivity contribution in [2.24, 2.45) is 0 Å². The van der Waals surface area contributed by atoms with Crippen LogP contribution in [0.15, 0.2) is 77.5 Å². The van der Waals surface area contributed by atoms with Crippen LogP contribution < -0.4 is 10.6 Å². The lowest BCUT2D eigenvalue weighted by Gasteiger charge is -2.25. The first-order valence-corrected chi connectivity index (χ1v) is 9.49. The van der Waals surface area contributed by atoms with Gasteiger partial charge in [0.1, 0.15) is 11.8 Å². The molecule has 3 aromatic rings. The molecule has 28 heavy (non-hydrogen) atoms. The molecule has 1 amide bonds. The SMILES string of the molecule is O=C(CCN1C(=S)N[C@@H](c2ccccn2)[C@H]1c1ccco1)Nc1ccccc1. The third-order valence-electron chi connectivity index (χ3n) is 4.67. The fraction of sp³-hybridized carbons (Fsp3) is 0.190. The number of thiocarbonyl (C=S) groups is 1. The molecule has 0 bridgehead atoms. The van der Waals surface area contributed by atoms with Crippen LogP contribution in [0.5, 0.6) is 0 Å². The highest BCUT2D eigenvalue weighted by atomic mass is 32.1. The lowest BCUT2D eigenvalue weighted by molar-refractivity contribution is -0.116. The molecule has 2 aromatic heterocycles. The Hall–Kier alpha value is -3.19. The second kappa shape index (κ2) is 8.22. The second-order valence-corrected chi connectivity index (χ2v) is 6.89. The molecule has 1 saturated heterocycles. The summed E-state index contributed by atoms with van der Waals surface area (Å²) in [6.45, 7) is 0.471. The van der Waals surface area contributed by atoms with E-state index in [2.05, 4.69) is 15.6 Å². The maximum absolute atomic E-state index is 12.4. The molecule has 2 N–H and O–H groups in total. The van der Waals surface area contributed by atoms with Crippen molar-refractivity contribution in [1.29, 1.82) is 0 Å². The van der Waals surface area contributed by atoms with E-state index in [9.17, 15) is 4.79 Å². The highest BCUT2D eigenvalue weighted by Gasteiger charge is 2.41. The van der Waals surface area contributed by atoms with E-state index in [1.165, 1.54) is 0 Å². The zero-order valence-electron chi connectivity index (χ0n) is 15.1. The first-order chi connectivity index (χ1) is 13.7. The largest absolute Gasteiger partial charge is 0.467 e. The molecule has 7 heteroatoms. The van der Waals surface area contributed by atoms with Gasteiger partial charge in [0.2, 0.25) is 5.91 Å². The van der Waals surface area contributed by atoms with Gasteiger partial charge < -0.3 is 20.0 Å². The van der Waals surface area contributed by atoms with Gasteiger partial charge in [-0.1, -0.05) is 24.3 Å². The van der Waals surface area contributed by atoms with Crippen LogP contribution in [0.4, 0.5) is 5.69 Å². The monoisotopic (exact) mass is 392 g/mol. The van der Waals surface area contributed by atoms with Crippen LogP contribution in [0.2, 0.25) is 0 Å². The van der Waals surface area contributed by atoms with Crippen molar-refractivity contribution in [2.75, 3.05) is 11.9 Å². The number of rotatable bonds is 6. The van der Waals surface area contributed by atoms with Gasteiger partial charge in [-0.05, 0) is 48.6 Å². The molecular weight excluding hydrogens is 372 g/mol. The number of furan rings is 1. The van der Waals surface area contributed by atoms with Crippen LogP contribution in [0.1, 0.15) is 30.0 Å². The smallest absolute Gasteiger partial charge is 0.226 e. The van der Waals surface area contributed by atoms with Crippen LogP contribution in [-0.2, 0) is 4.79 Å². The second-order valence-electron chi connectivity index (χ2n) is 6.50. The summed E-state index contributed by atoms with van der Waals surface area (Å²) in [5, 5.41) is 6.83. The summed E-state index contributed by atoms with van der Waals surface area (Å²) in [6.07, 6.45) is 3.71. The summed E-state index contributed by atoms with van der Waals surface area (Å²) < 4.78 is 5.68. The summed E-state index contributed by atoms with van der Waals surface area (Å²) in [6, 6.07) is 18.7. The predicted octanol–water partition coefficient (Wildman–Crippen LogP) is 3.68. The van der Waals surface area contributed by atoms with E-state index < -0.39 is 0 Å². The van der Waals surface area contributed by atoms with Crippen LogP contribution in [0.25, 0.3) is 0 Å². The van der Waals surface area contributed by atoms with Gasteiger partial charge in [0.25, 0.3) is 0 Å². The minimum atomic E-state index is -0.165. The van der Waals surface area contributed by atoms with Crippen molar-refractivity contribution >= 4 is 28.9 Å². The van der Waals surface area contributed by atoms with Gasteiger partial charge >= 0.3 is 0 Å². The number of hydrogen-bond acceptors (Lipinski definition) is 4. The Balaban J connectivity index is 1.50. The first kappa shape index (κ1) is 18.2. The summed E-state index contributed by atoms with van der Waals surface area (Å²) in [7, 11) is 0. The molecule has 2 atom stereocenters. The van der Waals surface area contributed by atoms with Gasteiger partial charge in [-0.2, -0.15) is 0 Å². The van der Waals surface area contributed by atoms with Gasteiger partial charge in [0.05, 0.1) is 18.0 Å². The Morgan fingerprint density at radius 1 is 1.14 bits per heavy atom. The lowest BCUT2D eigenvalue weighted by atomic mass is 10.0. The number of anilines is 1. The van der Waals surface area contributed by atoms with Crippen LogP contribution in [0.3, 0.4) is 0 Å². The highest BCUT2D eigenvalue weighted by Crippen LogP contribution is 2.38. The zero-order chi connectivity index (χ0) is 19.3. The predicted molar refractivity (Wildman–Crippen MR) is 111 cm³/mol. The standard InChI is InChI=1S/C21H20N4O2S/c26-18(23-15-7-2-1-3-8-15)11-13-25-20(17-10-6-14-27-17)19(24-21(25)28)16-9-4-5-12-22-16/h1-10,12,14,19-20H,11,13H2,(H,23,26)(H,24,28)/t19-,20+/m0/s1. The maximum atomic E-state index is 12.4. The van der Waals surface area contributed by atoms with E-state index in [1.807, 2.05) is 65.6 Å². The molecule has 1 aliphatic rings. The Labute approximate surface area is 168 Å². The number of para-hydroxylation sites is 1. The fourth-order valence-corrected chi connectivity index (χ4v) is 3.71. The molecule has 0 spiro atoms. The summed E-state index contributed by atoms with van der Waals surface area (Å²) >= 11 is 5.56. The van der Waals surface area contributed by atoms with Crippen molar-refractivity contribution in [3.05, 3.63) is 84.6 Å². The molecule has 0 unspecified atom stereocenters. The van der Waals surface area contributed by atoms with Gasteiger partial charge in [-0.3, -0.25) is 9.78 Å². The third kappa shape index (κ3) is 3.89. The van der Waals surface area contributed by atoms with Crippen LogP contribution in [-0.4, -0.2) is 27.4 Å². The van der Waals surface area contributed by atoms with Gasteiger partial charge in [0, 0.05) is 24.8 Å². The minimum Gasteiger partial charge on any atom is -0.467 e. The normalized spacial score (nSPS) is 18.7. The molecule has 1 aromatic carbocycles. The molecule has 142 valence electrons. The van der Waals surface area contributed by atoms with Crippen molar-refractivity contribution in [1.82, 2.24) is 15.2 Å². The summed E-state index contributed by atoms with van der Waals surface area (Å²) in [5.74, 6) is 0.722. The van der Waals surface area contributed by atoms with Crippen molar-refractivity contribution in [2.45, 2.75) is 18.5 Å². The number of carbonyl (C=O) groups excluding carboxylic acids is 1. The maximum Gasteiger partial charge on any atom is 0.226 e. The minimum absolute atomic E-state index is 0.0616. The van der Waals surface area contributed by atoms with Crippen LogP contribution >= 0.6 is 12.2 Å². The highest BCUT2D eigenvalue weighted by molar-refractivity contribution is 7.80. The molecule has 3 heterocycles. The van der Waals surface area contributed by atoms with Crippen molar-refractivity contribution in [3.8, 4) is 0 Å². The van der Waals surface area contributed by atoms with Gasteiger partial charge in [0.15, 0.2) is 5.11 Å². The van der Waals surface area contributed by atoms with Crippen molar-refractivity contribution < 1.29 is 9.21 Å². The van der Waals surface area contributed by atoms with E-state index in [0.717, 1.165) is 17.1 Å². The molecule has 1 fully saturated rings. The molecular formula is C21H20N4O2S. The number of benzene rings is 1. The number of nitrogens with zero attached hydrogens (tertiary/aromatic N) is 2. The quantitative estimate of drug-likeness (QED) is 0.624. The lowest BCUT2D eigenvalue weighted by Crippen LogP contribution is -2.32. The van der Waals surface area contributed by atoms with E-state index in [4.69, 9.17) is 16.6 Å². The Morgan fingerprint density at radius 3 is 2.68 bits per heavy atom. The van der Waals surface area contributed by atoms with E-state index >= 15 is 0 Å². The molecule has 0 saturated carbocycles. The number of hydrogen-bond donors (Lipinski definition) is 2. The van der Waals surface area contributed by atoms with Crippen LogP contribution in [0, 0.1) is 0 Å². The van der Waals surface area contributed by atoms with Gasteiger partial charge in [-0.25, -0.2) is 0 Å². The topological polar surface area (TPSA) is 70.4 Å². The molecule has 4 rings (SSSR count). The van der Waals surface area contributed by atoms with E-state index in [-0.39, 0.29) is 18.0 Å². The fourth-order valence-electron chi connectivity index (χ4n) is 3.38. The number of aromatic nitrogens is 1. The Morgan fingerprint density at radius 2 is 1.96 bits per heavy atom.